The van der Waals surface area contributed by atoms with E-state index in [9.17, 15) is 14.8 Å². The molecule has 1 saturated carbocycles. The number of hydrogen-bond acceptors (Lipinski definition) is 6. The number of ether oxygens (including phenoxy) is 2. The number of aromatic nitrogens is 1. The van der Waals surface area contributed by atoms with Gasteiger partial charge in [0, 0.05) is 47.7 Å². The van der Waals surface area contributed by atoms with Crippen molar-refractivity contribution < 1.29 is 19.0 Å². The lowest BCUT2D eigenvalue weighted by atomic mass is 9.92. The van der Waals surface area contributed by atoms with Crippen LogP contribution in [-0.4, -0.2) is 22.2 Å². The molecule has 1 aromatic heterocycles. The van der Waals surface area contributed by atoms with Crippen LogP contribution in [0.5, 0.6) is 11.5 Å². The molecule has 220 valence electrons. The molecule has 6 rings (SSSR count). The van der Waals surface area contributed by atoms with Crippen molar-refractivity contribution in [1.82, 2.24) is 10.3 Å². The van der Waals surface area contributed by atoms with Crippen LogP contribution in [0.2, 0.25) is 5.02 Å². The molecular weight excluding hydrogens is 565 g/mol. The van der Waals surface area contributed by atoms with Gasteiger partial charge in [0.25, 0.3) is 0 Å². The highest BCUT2D eigenvalue weighted by atomic mass is 35.5. The molecule has 0 bridgehead atoms. The molecule has 3 aromatic carbocycles. The fourth-order valence-corrected chi connectivity index (χ4v) is 6.37. The number of nitrogens with one attached hydrogen (secondary N) is 1. The van der Waals surface area contributed by atoms with Crippen molar-refractivity contribution >= 4 is 11.6 Å². The number of fused-ring (bicyclic) bond motifs is 1. The van der Waals surface area contributed by atoms with Crippen LogP contribution in [0.4, 0.5) is 4.39 Å². The third kappa shape index (κ3) is 6.52. The summed E-state index contributed by atoms with van der Waals surface area (Å²) >= 11 is 6.81. The first-order valence-electron chi connectivity index (χ1n) is 14.7. The van der Waals surface area contributed by atoms with E-state index in [1.165, 1.54) is 12.3 Å². The van der Waals surface area contributed by atoms with Crippen molar-refractivity contribution in [2.45, 2.75) is 69.9 Å². The number of halogens is 2. The number of nitrogens with zero attached hydrogens (tertiary/aromatic N) is 2. The number of aliphatic hydroxyl groups excluding tert-OH is 1. The highest BCUT2D eigenvalue weighted by Gasteiger charge is 2.29. The molecule has 4 aromatic rings. The van der Waals surface area contributed by atoms with Crippen LogP contribution < -0.4 is 14.8 Å². The van der Waals surface area contributed by atoms with Gasteiger partial charge >= 0.3 is 0 Å². The lowest BCUT2D eigenvalue weighted by molar-refractivity contribution is 0.0901. The molecule has 43 heavy (non-hydrogen) atoms. The quantitative estimate of drug-likeness (QED) is 0.208. The van der Waals surface area contributed by atoms with Crippen LogP contribution in [0, 0.1) is 17.1 Å². The molecule has 0 spiro atoms. The zero-order valence-corrected chi connectivity index (χ0v) is 24.5. The van der Waals surface area contributed by atoms with Crippen molar-refractivity contribution in [2.24, 2.45) is 0 Å². The molecule has 6 nitrogen and oxygen atoms in total. The molecule has 1 fully saturated rings. The van der Waals surface area contributed by atoms with E-state index >= 15 is 0 Å². The Morgan fingerprint density at radius 1 is 1.00 bits per heavy atom. The van der Waals surface area contributed by atoms with E-state index in [0.29, 0.717) is 34.2 Å². The fraction of sp³-hybridized carbons (Fsp3) is 0.314. The van der Waals surface area contributed by atoms with Crippen LogP contribution in [0.3, 0.4) is 0 Å². The average molecular weight is 598 g/mol. The Labute approximate surface area is 256 Å². The summed E-state index contributed by atoms with van der Waals surface area (Å²) < 4.78 is 27.5. The topological polar surface area (TPSA) is 87.4 Å². The second-order valence-corrected chi connectivity index (χ2v) is 11.6. The molecule has 0 unspecified atom stereocenters. The van der Waals surface area contributed by atoms with Crippen LogP contribution in [0.15, 0.2) is 73.1 Å². The van der Waals surface area contributed by atoms with Gasteiger partial charge in [-0.25, -0.2) is 4.39 Å². The molecule has 0 amide bonds. The first-order valence-corrected chi connectivity index (χ1v) is 15.1. The summed E-state index contributed by atoms with van der Waals surface area (Å²) in [5.41, 5.74) is 5.65. The van der Waals surface area contributed by atoms with Gasteiger partial charge in [-0.05, 0) is 60.6 Å². The van der Waals surface area contributed by atoms with Crippen molar-refractivity contribution in [3.8, 4) is 28.7 Å². The molecule has 0 saturated heterocycles. The van der Waals surface area contributed by atoms with Gasteiger partial charge in [-0.15, -0.1) is 0 Å². The molecular formula is C35H33ClFN3O3. The maximum absolute atomic E-state index is 14.7. The number of pyridine rings is 1. The largest absolute Gasteiger partial charge is 0.488 e. The highest BCUT2D eigenvalue weighted by Crippen LogP contribution is 2.43. The van der Waals surface area contributed by atoms with E-state index in [4.69, 9.17) is 21.1 Å². The number of hydrogen-bond donors (Lipinski definition) is 2. The smallest absolute Gasteiger partial charge is 0.142 e. The van der Waals surface area contributed by atoms with Gasteiger partial charge in [0.2, 0.25) is 0 Å². The normalized spacial score (nSPS) is 19.4. The van der Waals surface area contributed by atoms with E-state index < -0.39 is 0 Å². The maximum atomic E-state index is 14.7. The number of nitriles is 1. The predicted molar refractivity (Wildman–Crippen MR) is 163 cm³/mol. The van der Waals surface area contributed by atoms with Gasteiger partial charge in [0.15, 0.2) is 0 Å². The van der Waals surface area contributed by atoms with Crippen molar-refractivity contribution in [3.63, 3.8) is 0 Å². The predicted octanol–water partition coefficient (Wildman–Crippen LogP) is 7.45. The summed E-state index contributed by atoms with van der Waals surface area (Å²) in [7, 11) is 0. The Balaban J connectivity index is 1.26. The summed E-state index contributed by atoms with van der Waals surface area (Å²) in [4.78, 5) is 4.14. The van der Waals surface area contributed by atoms with Crippen LogP contribution >= 0.6 is 11.6 Å². The maximum Gasteiger partial charge on any atom is 0.142 e. The summed E-state index contributed by atoms with van der Waals surface area (Å²) in [6.07, 6.45) is 7.88. The molecule has 3 atom stereocenters. The first-order chi connectivity index (χ1) is 21.0. The van der Waals surface area contributed by atoms with Gasteiger partial charge in [0.1, 0.15) is 36.1 Å². The van der Waals surface area contributed by atoms with E-state index in [1.807, 2.05) is 36.4 Å². The second-order valence-electron chi connectivity index (χ2n) is 11.2. The van der Waals surface area contributed by atoms with Gasteiger partial charge in [-0.2, -0.15) is 5.26 Å². The average Bonchev–Trinajstić information content (AvgIpc) is 3.44. The zero-order valence-electron chi connectivity index (χ0n) is 23.7. The number of aliphatic hydroxyl groups is 1. The summed E-state index contributed by atoms with van der Waals surface area (Å²) in [5, 5.41) is 23.7. The fourth-order valence-electron chi connectivity index (χ4n) is 6.14. The summed E-state index contributed by atoms with van der Waals surface area (Å²) in [6, 6.07) is 20.3. The Bertz CT molecular complexity index is 1660. The van der Waals surface area contributed by atoms with Gasteiger partial charge in [-0.3, -0.25) is 4.98 Å². The van der Waals surface area contributed by atoms with Crippen molar-refractivity contribution in [2.75, 3.05) is 0 Å². The van der Waals surface area contributed by atoms with E-state index in [2.05, 4.69) is 16.4 Å². The van der Waals surface area contributed by atoms with E-state index in [0.717, 1.165) is 66.3 Å². The minimum Gasteiger partial charge on any atom is -0.488 e. The number of rotatable bonds is 9. The van der Waals surface area contributed by atoms with Gasteiger partial charge in [-0.1, -0.05) is 60.8 Å². The van der Waals surface area contributed by atoms with Gasteiger partial charge in [0.05, 0.1) is 16.7 Å². The highest BCUT2D eigenvalue weighted by molar-refractivity contribution is 6.32. The molecule has 2 aliphatic rings. The summed E-state index contributed by atoms with van der Waals surface area (Å²) in [6.45, 7) is 0.673. The molecule has 8 heteroatoms. The van der Waals surface area contributed by atoms with Crippen molar-refractivity contribution in [1.29, 1.82) is 5.26 Å². The second kappa shape index (κ2) is 13.1. The van der Waals surface area contributed by atoms with Crippen LogP contribution in [0.1, 0.15) is 66.0 Å². The zero-order chi connectivity index (χ0) is 29.8. The standard InChI is InChI=1S/C35H33ClFN3O3/c36-29-15-24(20-40-31-10-3-4-11-32(31)41)34(42-21-23-14-22(17-38)18-39-19-23)16-35(29)43-33-13-12-26-25(7-5-8-28(26)33)27-6-1-2-9-30(27)37/h1-2,5-9,14-16,18-19,31-33,40-41H,3-4,10-13,20-21H2/t31-,32+,33+/m1/s1. The van der Waals surface area contributed by atoms with E-state index in [1.54, 1.807) is 24.4 Å². The Kier molecular flexibility index (Phi) is 8.90. The lowest BCUT2D eigenvalue weighted by Crippen LogP contribution is -2.41. The first kappa shape index (κ1) is 29.1. The third-order valence-electron chi connectivity index (χ3n) is 8.37. The minimum atomic E-state index is -0.382. The number of benzene rings is 3. The molecule has 2 aliphatic carbocycles. The van der Waals surface area contributed by atoms with E-state index in [-0.39, 0.29) is 30.7 Å². The Morgan fingerprint density at radius 2 is 1.84 bits per heavy atom. The molecule has 2 N–H and O–H groups in total. The Morgan fingerprint density at radius 3 is 2.67 bits per heavy atom. The monoisotopic (exact) mass is 597 g/mol. The SMILES string of the molecule is N#Cc1cncc(COc2cc(O[C@H]3CCc4c(-c5ccccc5F)cccc43)c(Cl)cc2CN[C@@H]2CCCC[C@@H]2O)c1. The van der Waals surface area contributed by atoms with Crippen LogP contribution in [0.25, 0.3) is 11.1 Å². The summed E-state index contributed by atoms with van der Waals surface area (Å²) in [5.74, 6) is 0.847. The van der Waals surface area contributed by atoms with Crippen molar-refractivity contribution in [3.05, 3.63) is 112 Å². The Hall–Kier alpha value is -3.96. The minimum absolute atomic E-state index is 0.00597. The van der Waals surface area contributed by atoms with Crippen LogP contribution in [-0.2, 0) is 19.6 Å². The third-order valence-corrected chi connectivity index (χ3v) is 8.66. The molecule has 0 aliphatic heterocycles. The molecule has 0 radical (unpaired) electrons. The van der Waals surface area contributed by atoms with Gasteiger partial charge < -0.3 is 19.9 Å². The molecule has 1 heterocycles. The lowest BCUT2D eigenvalue weighted by Gasteiger charge is -2.29.